The average Bonchev–Trinajstić information content (AvgIpc) is 2.36. The van der Waals surface area contributed by atoms with Gasteiger partial charge in [0.25, 0.3) is 0 Å². The van der Waals surface area contributed by atoms with E-state index in [0.717, 1.165) is 19.0 Å². The van der Waals surface area contributed by atoms with Crippen molar-refractivity contribution in [1.29, 1.82) is 0 Å². The summed E-state index contributed by atoms with van der Waals surface area (Å²) >= 11 is 0. The van der Waals surface area contributed by atoms with Crippen molar-refractivity contribution in [3.05, 3.63) is 0 Å². The molecule has 2 atom stereocenters. The number of amides is 1. The van der Waals surface area contributed by atoms with E-state index >= 15 is 0 Å². The van der Waals surface area contributed by atoms with Gasteiger partial charge in [-0.2, -0.15) is 0 Å². The Morgan fingerprint density at radius 1 is 1.58 bits per heavy atom. The number of ether oxygens (including phenoxy) is 1. The van der Waals surface area contributed by atoms with Gasteiger partial charge in [-0.25, -0.2) is 0 Å². The molecule has 5 nitrogen and oxygen atoms in total. The fourth-order valence-electron chi connectivity index (χ4n) is 2.54. The molecule has 0 radical (unpaired) electrons. The second kappa shape index (κ2) is 7.22. The van der Waals surface area contributed by atoms with Crippen molar-refractivity contribution >= 4 is 5.91 Å². The first-order valence-electron chi connectivity index (χ1n) is 7.14. The summed E-state index contributed by atoms with van der Waals surface area (Å²) in [6.45, 7) is 9.73. The van der Waals surface area contributed by atoms with Crippen LogP contribution in [0.15, 0.2) is 0 Å². The summed E-state index contributed by atoms with van der Waals surface area (Å²) < 4.78 is 4.89. The minimum Gasteiger partial charge on any atom is -0.383 e. The Bertz CT molecular complexity index is 294. The largest absolute Gasteiger partial charge is 0.383 e. The molecule has 1 rings (SSSR count). The molecular weight excluding hydrogens is 242 g/mol. The smallest absolute Gasteiger partial charge is 0.239 e. The van der Waals surface area contributed by atoms with Gasteiger partial charge in [0.15, 0.2) is 0 Å². The monoisotopic (exact) mass is 271 g/mol. The number of carbonyl (C=O) groups excluding carboxylic acids is 1. The highest BCUT2D eigenvalue weighted by Gasteiger charge is 2.30. The lowest BCUT2D eigenvalue weighted by atomic mass is 9.93. The lowest BCUT2D eigenvalue weighted by Gasteiger charge is -2.43. The highest BCUT2D eigenvalue weighted by atomic mass is 16.5. The highest BCUT2D eigenvalue weighted by molar-refractivity contribution is 5.81. The Hall–Kier alpha value is -0.650. The maximum atomic E-state index is 11.8. The van der Waals surface area contributed by atoms with Crippen LogP contribution in [-0.4, -0.2) is 55.7 Å². The molecule has 1 saturated heterocycles. The lowest BCUT2D eigenvalue weighted by Crippen LogP contribution is -2.56. The Kier molecular flexibility index (Phi) is 6.23. The summed E-state index contributed by atoms with van der Waals surface area (Å²) in [5, 5.41) is 2.93. The summed E-state index contributed by atoms with van der Waals surface area (Å²) in [4.78, 5) is 14.3. The Balaban J connectivity index is 2.43. The second-order valence-electron chi connectivity index (χ2n) is 6.29. The van der Waals surface area contributed by atoms with Gasteiger partial charge in [-0.1, -0.05) is 6.92 Å². The molecule has 3 N–H and O–H groups in total. The van der Waals surface area contributed by atoms with E-state index in [1.165, 1.54) is 12.8 Å². The summed E-state index contributed by atoms with van der Waals surface area (Å²) in [7, 11) is 1.55. The summed E-state index contributed by atoms with van der Waals surface area (Å²) in [5.41, 5.74) is 5.68. The predicted octanol–water partition coefficient (Wildman–Crippen LogP) is 0.587. The minimum absolute atomic E-state index is 0.0306. The van der Waals surface area contributed by atoms with E-state index < -0.39 is 6.04 Å². The topological polar surface area (TPSA) is 67.6 Å². The number of nitrogens with zero attached hydrogens (tertiary/aromatic N) is 1. The number of hydrogen-bond acceptors (Lipinski definition) is 4. The van der Waals surface area contributed by atoms with Gasteiger partial charge in [0.1, 0.15) is 6.04 Å². The van der Waals surface area contributed by atoms with Gasteiger partial charge < -0.3 is 15.8 Å². The van der Waals surface area contributed by atoms with Crippen LogP contribution >= 0.6 is 0 Å². The molecule has 1 aliphatic rings. The van der Waals surface area contributed by atoms with Crippen LogP contribution in [0.3, 0.4) is 0 Å². The number of carbonyl (C=O) groups is 1. The maximum absolute atomic E-state index is 11.8. The van der Waals surface area contributed by atoms with Crippen molar-refractivity contribution in [2.75, 3.05) is 33.4 Å². The number of piperidine rings is 1. The van der Waals surface area contributed by atoms with Crippen molar-refractivity contribution in [3.63, 3.8) is 0 Å². The third kappa shape index (κ3) is 5.09. The molecule has 0 aromatic heterocycles. The molecule has 1 heterocycles. The van der Waals surface area contributed by atoms with E-state index in [2.05, 4.69) is 31.0 Å². The number of nitrogens with two attached hydrogens (primary N) is 1. The summed E-state index contributed by atoms with van der Waals surface area (Å²) in [5.74, 6) is 0.597. The molecule has 1 aliphatic heterocycles. The molecule has 0 spiro atoms. The van der Waals surface area contributed by atoms with Crippen molar-refractivity contribution < 1.29 is 9.53 Å². The fourth-order valence-corrected chi connectivity index (χ4v) is 2.54. The zero-order valence-corrected chi connectivity index (χ0v) is 12.7. The van der Waals surface area contributed by atoms with Crippen molar-refractivity contribution in [3.8, 4) is 0 Å². The first-order valence-corrected chi connectivity index (χ1v) is 7.14. The quantitative estimate of drug-likeness (QED) is 0.742. The van der Waals surface area contributed by atoms with Crippen LogP contribution in [0.1, 0.15) is 33.6 Å². The molecule has 0 saturated carbocycles. The first kappa shape index (κ1) is 16.4. The molecule has 0 aromatic carbocycles. The van der Waals surface area contributed by atoms with Crippen LogP contribution in [0.4, 0.5) is 0 Å². The van der Waals surface area contributed by atoms with E-state index in [1.54, 1.807) is 7.11 Å². The third-order valence-corrected chi connectivity index (χ3v) is 3.89. The maximum Gasteiger partial charge on any atom is 0.239 e. The number of nitrogens with one attached hydrogen (secondary N) is 1. The third-order valence-electron chi connectivity index (χ3n) is 3.89. The minimum atomic E-state index is -0.582. The molecule has 0 aliphatic carbocycles. The van der Waals surface area contributed by atoms with E-state index in [0.29, 0.717) is 6.54 Å². The van der Waals surface area contributed by atoms with E-state index in [-0.39, 0.29) is 18.1 Å². The van der Waals surface area contributed by atoms with Crippen LogP contribution in [-0.2, 0) is 9.53 Å². The van der Waals surface area contributed by atoms with Gasteiger partial charge in [-0.05, 0) is 39.2 Å². The second-order valence-corrected chi connectivity index (χ2v) is 6.29. The summed E-state index contributed by atoms with van der Waals surface area (Å²) in [6, 6.07) is -0.582. The van der Waals surface area contributed by atoms with Gasteiger partial charge in [0.2, 0.25) is 5.91 Å². The summed E-state index contributed by atoms with van der Waals surface area (Å²) in [6.07, 6.45) is 2.54. The molecule has 2 unspecified atom stereocenters. The molecule has 112 valence electrons. The average molecular weight is 271 g/mol. The molecule has 0 aromatic rings. The first-order chi connectivity index (χ1) is 8.86. The number of likely N-dealkylation sites (tertiary alicyclic amines) is 1. The molecule has 19 heavy (non-hydrogen) atoms. The van der Waals surface area contributed by atoms with Gasteiger partial charge >= 0.3 is 0 Å². The number of methoxy groups -OCH3 is 1. The Morgan fingerprint density at radius 2 is 2.26 bits per heavy atom. The molecular formula is C14H29N3O2. The van der Waals surface area contributed by atoms with Crippen LogP contribution in [0, 0.1) is 5.92 Å². The van der Waals surface area contributed by atoms with Gasteiger partial charge in [-0.3, -0.25) is 9.69 Å². The van der Waals surface area contributed by atoms with E-state index in [9.17, 15) is 4.79 Å². The molecule has 5 heteroatoms. The van der Waals surface area contributed by atoms with Gasteiger partial charge in [0.05, 0.1) is 6.61 Å². The predicted molar refractivity (Wildman–Crippen MR) is 76.9 cm³/mol. The van der Waals surface area contributed by atoms with Crippen molar-refractivity contribution in [2.24, 2.45) is 11.7 Å². The SMILES string of the molecule is COCC(N)C(=O)NCC(C)(C)N1CCCC(C)C1. The van der Waals surface area contributed by atoms with Crippen LogP contribution < -0.4 is 11.1 Å². The van der Waals surface area contributed by atoms with Gasteiger partial charge in [0, 0.05) is 25.7 Å². The molecule has 1 amide bonds. The fraction of sp³-hybridized carbons (Fsp3) is 0.929. The lowest BCUT2D eigenvalue weighted by molar-refractivity contribution is -0.124. The van der Waals surface area contributed by atoms with Crippen molar-refractivity contribution in [2.45, 2.75) is 45.2 Å². The zero-order chi connectivity index (χ0) is 14.5. The van der Waals surface area contributed by atoms with E-state index in [4.69, 9.17) is 10.5 Å². The van der Waals surface area contributed by atoms with Crippen molar-refractivity contribution in [1.82, 2.24) is 10.2 Å². The van der Waals surface area contributed by atoms with Gasteiger partial charge in [-0.15, -0.1) is 0 Å². The standard InChI is InChI=1S/C14H29N3O2/c1-11-6-5-7-17(8-11)14(2,3)10-16-13(18)12(15)9-19-4/h11-12H,5-10,15H2,1-4H3,(H,16,18). The Labute approximate surface area is 116 Å². The number of hydrogen-bond donors (Lipinski definition) is 2. The molecule has 0 bridgehead atoms. The van der Waals surface area contributed by atoms with Crippen LogP contribution in [0.2, 0.25) is 0 Å². The molecule has 1 fully saturated rings. The Morgan fingerprint density at radius 3 is 2.84 bits per heavy atom. The van der Waals surface area contributed by atoms with E-state index in [1.807, 2.05) is 0 Å². The normalized spacial score (nSPS) is 23.1. The highest BCUT2D eigenvalue weighted by Crippen LogP contribution is 2.23. The number of rotatable bonds is 6. The zero-order valence-electron chi connectivity index (χ0n) is 12.7. The van der Waals surface area contributed by atoms with Crippen LogP contribution in [0.5, 0.6) is 0 Å². The van der Waals surface area contributed by atoms with Crippen LogP contribution in [0.25, 0.3) is 0 Å².